The molecule has 0 saturated heterocycles. The molecule has 0 atom stereocenters. The molecule has 0 amide bonds. The molecule has 1 aliphatic heterocycles. The molecular formula is C20H22N4. The van der Waals surface area contributed by atoms with E-state index in [0.717, 1.165) is 25.1 Å². The number of benzene rings is 1. The summed E-state index contributed by atoms with van der Waals surface area (Å²) >= 11 is 0. The van der Waals surface area contributed by atoms with Gasteiger partial charge in [0, 0.05) is 54.7 Å². The fraction of sp³-hybridized carbons (Fsp3) is 0.300. The second-order valence-electron chi connectivity index (χ2n) is 6.74. The van der Waals surface area contributed by atoms with Gasteiger partial charge in [-0.3, -0.25) is 0 Å². The van der Waals surface area contributed by atoms with Crippen LogP contribution in [-0.2, 0) is 13.0 Å². The van der Waals surface area contributed by atoms with Crippen LogP contribution in [0, 0.1) is 6.92 Å². The van der Waals surface area contributed by atoms with Crippen LogP contribution in [-0.4, -0.2) is 33.0 Å². The number of aryl methyl sites for hydroxylation is 1. The Labute approximate surface area is 142 Å². The minimum absolute atomic E-state index is 1.02. The third-order valence-corrected chi connectivity index (χ3v) is 4.87. The van der Waals surface area contributed by atoms with E-state index in [2.05, 4.69) is 64.7 Å². The van der Waals surface area contributed by atoms with Gasteiger partial charge < -0.3 is 9.47 Å². The number of aromatic nitrogens is 3. The van der Waals surface area contributed by atoms with Crippen molar-refractivity contribution in [3.05, 3.63) is 59.3 Å². The first-order valence-corrected chi connectivity index (χ1v) is 8.38. The fourth-order valence-electron chi connectivity index (χ4n) is 3.56. The lowest BCUT2D eigenvalue weighted by Crippen LogP contribution is -2.26. The summed E-state index contributed by atoms with van der Waals surface area (Å²) in [5.74, 6) is 0. The number of hydrogen-bond donors (Lipinski definition) is 0. The van der Waals surface area contributed by atoms with Crippen molar-refractivity contribution >= 4 is 22.7 Å². The predicted octanol–water partition coefficient (Wildman–Crippen LogP) is 3.75. The zero-order chi connectivity index (χ0) is 16.7. The zero-order valence-corrected chi connectivity index (χ0v) is 14.5. The third kappa shape index (κ3) is 2.53. The molecule has 122 valence electrons. The largest absolute Gasteiger partial charge is 0.320 e. The Bertz CT molecular complexity index is 922. The Morgan fingerprint density at radius 1 is 1.21 bits per heavy atom. The minimum atomic E-state index is 1.02. The van der Waals surface area contributed by atoms with Crippen LogP contribution in [0.4, 0.5) is 0 Å². The molecule has 0 bridgehead atoms. The quantitative estimate of drug-likeness (QED) is 0.722. The van der Waals surface area contributed by atoms with Gasteiger partial charge in [0.05, 0.1) is 5.52 Å². The molecule has 4 nitrogen and oxygen atoms in total. The molecule has 1 aromatic carbocycles. The number of rotatable bonds is 2. The molecule has 0 saturated carbocycles. The van der Waals surface area contributed by atoms with Crippen molar-refractivity contribution in [3.8, 4) is 0 Å². The van der Waals surface area contributed by atoms with E-state index in [4.69, 9.17) is 0 Å². The normalized spacial score (nSPS) is 15.7. The van der Waals surface area contributed by atoms with Crippen LogP contribution in [0.25, 0.3) is 22.7 Å². The zero-order valence-electron chi connectivity index (χ0n) is 14.5. The van der Waals surface area contributed by atoms with Crippen LogP contribution in [0.2, 0.25) is 0 Å². The molecule has 24 heavy (non-hydrogen) atoms. The van der Waals surface area contributed by atoms with Crippen LogP contribution in [0.5, 0.6) is 0 Å². The Kier molecular flexibility index (Phi) is 3.69. The van der Waals surface area contributed by atoms with Crippen molar-refractivity contribution in [3.63, 3.8) is 0 Å². The average Bonchev–Trinajstić information content (AvgIpc) is 2.88. The molecule has 2 aromatic heterocycles. The van der Waals surface area contributed by atoms with Gasteiger partial charge in [0.25, 0.3) is 0 Å². The molecule has 0 fully saturated rings. The van der Waals surface area contributed by atoms with Crippen molar-refractivity contribution in [2.75, 3.05) is 13.6 Å². The summed E-state index contributed by atoms with van der Waals surface area (Å²) < 4.78 is 2.37. The van der Waals surface area contributed by atoms with E-state index < -0.39 is 0 Å². The summed E-state index contributed by atoms with van der Waals surface area (Å²) in [5.41, 5.74) is 7.74. The van der Waals surface area contributed by atoms with Gasteiger partial charge in [-0.1, -0.05) is 11.6 Å². The maximum absolute atomic E-state index is 4.14. The van der Waals surface area contributed by atoms with E-state index in [-0.39, 0.29) is 0 Å². The van der Waals surface area contributed by atoms with Crippen molar-refractivity contribution in [2.45, 2.75) is 26.8 Å². The molecule has 0 aliphatic carbocycles. The highest BCUT2D eigenvalue weighted by Gasteiger charge is 2.21. The van der Waals surface area contributed by atoms with E-state index in [1.54, 1.807) is 6.33 Å². The smallest absolute Gasteiger partial charge is 0.115 e. The fourth-order valence-corrected chi connectivity index (χ4v) is 3.56. The highest BCUT2D eigenvalue weighted by molar-refractivity contribution is 5.90. The van der Waals surface area contributed by atoms with Gasteiger partial charge >= 0.3 is 0 Å². The summed E-state index contributed by atoms with van der Waals surface area (Å²) in [6.45, 7) is 6.41. The van der Waals surface area contributed by atoms with Crippen LogP contribution >= 0.6 is 0 Å². The lowest BCUT2D eigenvalue weighted by Gasteiger charge is -2.23. The molecular weight excluding hydrogens is 296 g/mol. The first kappa shape index (κ1) is 15.1. The van der Waals surface area contributed by atoms with Crippen molar-refractivity contribution in [1.29, 1.82) is 0 Å². The van der Waals surface area contributed by atoms with Crippen LogP contribution in [0.15, 0.2) is 36.9 Å². The lowest BCUT2D eigenvalue weighted by molar-refractivity contribution is 0.312. The second-order valence-corrected chi connectivity index (χ2v) is 6.74. The monoisotopic (exact) mass is 318 g/mol. The first-order valence-electron chi connectivity index (χ1n) is 8.38. The molecule has 0 unspecified atom stereocenters. The minimum Gasteiger partial charge on any atom is -0.320 e. The molecule has 3 aromatic rings. The van der Waals surface area contributed by atoms with Gasteiger partial charge in [0.15, 0.2) is 0 Å². The highest BCUT2D eigenvalue weighted by atomic mass is 15.1. The number of fused-ring (bicyclic) bond motifs is 3. The summed E-state index contributed by atoms with van der Waals surface area (Å²) in [7, 11) is 2.20. The van der Waals surface area contributed by atoms with Gasteiger partial charge in [0.2, 0.25) is 0 Å². The van der Waals surface area contributed by atoms with Gasteiger partial charge in [-0.05, 0) is 44.2 Å². The molecule has 0 spiro atoms. The molecule has 4 heteroatoms. The topological polar surface area (TPSA) is 34.0 Å². The predicted molar refractivity (Wildman–Crippen MR) is 98.6 cm³/mol. The van der Waals surface area contributed by atoms with E-state index >= 15 is 0 Å². The molecule has 0 N–H and O–H groups in total. The molecule has 4 rings (SSSR count). The summed E-state index contributed by atoms with van der Waals surface area (Å²) in [5, 5.41) is 1.38. The second kappa shape index (κ2) is 5.87. The Balaban J connectivity index is 1.92. The van der Waals surface area contributed by atoms with Crippen molar-refractivity contribution in [1.82, 2.24) is 19.4 Å². The molecule has 0 radical (unpaired) electrons. The summed E-state index contributed by atoms with van der Waals surface area (Å²) in [4.78, 5) is 10.7. The maximum Gasteiger partial charge on any atom is 0.115 e. The number of allylic oxidation sites excluding steroid dienone is 1. The summed E-state index contributed by atoms with van der Waals surface area (Å²) in [6.07, 6.45) is 8.63. The summed E-state index contributed by atoms with van der Waals surface area (Å²) in [6, 6.07) is 6.76. The van der Waals surface area contributed by atoms with E-state index in [9.17, 15) is 0 Å². The van der Waals surface area contributed by atoms with E-state index in [0.29, 0.717) is 0 Å². The van der Waals surface area contributed by atoms with E-state index in [1.165, 1.54) is 33.3 Å². The van der Waals surface area contributed by atoms with Crippen molar-refractivity contribution in [2.24, 2.45) is 0 Å². The van der Waals surface area contributed by atoms with Gasteiger partial charge in [-0.25, -0.2) is 9.97 Å². The third-order valence-electron chi connectivity index (χ3n) is 4.87. The number of nitrogens with zero attached hydrogens (tertiary/aromatic N) is 4. The SMILES string of the molecule is C/C(=C/n1c2c(c3cc(C)ccc31)CN(C)CC2)c1cncnc1. The van der Waals surface area contributed by atoms with Crippen LogP contribution < -0.4 is 0 Å². The molecule has 3 heterocycles. The van der Waals surface area contributed by atoms with E-state index in [1.807, 2.05) is 12.4 Å². The van der Waals surface area contributed by atoms with Crippen LogP contribution in [0.1, 0.15) is 29.3 Å². The van der Waals surface area contributed by atoms with Gasteiger partial charge in [-0.15, -0.1) is 0 Å². The lowest BCUT2D eigenvalue weighted by atomic mass is 10.0. The number of likely N-dealkylation sites (N-methyl/N-ethyl adjacent to an activating group) is 1. The Hall–Kier alpha value is -2.46. The molecule has 1 aliphatic rings. The van der Waals surface area contributed by atoms with Crippen LogP contribution in [0.3, 0.4) is 0 Å². The highest BCUT2D eigenvalue weighted by Crippen LogP contribution is 2.32. The standard InChI is InChI=1S/C20H22N4/c1-14-4-5-19-17(8-14)18-12-23(3)7-6-20(18)24(19)11-15(2)16-9-21-13-22-10-16/h4-5,8-11,13H,6-7,12H2,1-3H3/b15-11-. The van der Waals surface area contributed by atoms with Gasteiger partial charge in [-0.2, -0.15) is 0 Å². The first-order chi connectivity index (χ1) is 11.6. The van der Waals surface area contributed by atoms with Gasteiger partial charge in [0.1, 0.15) is 6.33 Å². The van der Waals surface area contributed by atoms with Crippen molar-refractivity contribution < 1.29 is 0 Å². The maximum atomic E-state index is 4.14. The average molecular weight is 318 g/mol. The Morgan fingerprint density at radius 3 is 2.79 bits per heavy atom. The Morgan fingerprint density at radius 2 is 2.00 bits per heavy atom. The number of hydrogen-bond acceptors (Lipinski definition) is 3.